The van der Waals surface area contributed by atoms with Crippen LogP contribution in [0.3, 0.4) is 0 Å². The van der Waals surface area contributed by atoms with Crippen LogP contribution < -0.4 is 14.8 Å². The average Bonchev–Trinajstić information content (AvgIpc) is 3.33. The molecule has 7 heteroatoms. The number of hydrogen-bond acceptors (Lipinski definition) is 6. The molecule has 27 heavy (non-hydrogen) atoms. The number of carbonyl (C=O) groups is 1. The number of amides is 1. The van der Waals surface area contributed by atoms with Gasteiger partial charge in [-0.3, -0.25) is 4.79 Å². The van der Waals surface area contributed by atoms with E-state index >= 15 is 0 Å². The van der Waals surface area contributed by atoms with Gasteiger partial charge in [0.25, 0.3) is 0 Å². The van der Waals surface area contributed by atoms with E-state index in [1.165, 1.54) is 37.0 Å². The van der Waals surface area contributed by atoms with Crippen LogP contribution in [0, 0.1) is 5.92 Å². The van der Waals surface area contributed by atoms with E-state index in [2.05, 4.69) is 10.3 Å². The molecule has 0 atom stereocenters. The van der Waals surface area contributed by atoms with Crippen molar-refractivity contribution < 1.29 is 14.3 Å². The van der Waals surface area contributed by atoms with Crippen molar-refractivity contribution in [3.05, 3.63) is 34.8 Å². The molecule has 0 radical (unpaired) electrons. The molecular weight excluding hydrogens is 380 g/mol. The second kappa shape index (κ2) is 9.99. The van der Waals surface area contributed by atoms with Crippen LogP contribution in [-0.2, 0) is 16.3 Å². The Bertz CT molecular complexity index is 735. The fraction of sp³-hybridized carbons (Fsp3) is 0.500. The summed E-state index contributed by atoms with van der Waals surface area (Å²) in [5.41, 5.74) is 2.15. The SMILES string of the molecule is COc1cc(CSCc2csc(NC(=O)CC3CCCC3)n2)cc(OC)c1. The minimum atomic E-state index is 0.0962. The fourth-order valence-electron chi connectivity index (χ4n) is 3.30. The third-order valence-corrected chi connectivity index (χ3v) is 6.52. The molecule has 1 N–H and O–H groups in total. The topological polar surface area (TPSA) is 60.5 Å². The van der Waals surface area contributed by atoms with Gasteiger partial charge >= 0.3 is 0 Å². The lowest BCUT2D eigenvalue weighted by molar-refractivity contribution is -0.117. The van der Waals surface area contributed by atoms with E-state index in [9.17, 15) is 4.79 Å². The Morgan fingerprint density at radius 2 is 1.89 bits per heavy atom. The maximum absolute atomic E-state index is 12.1. The molecule has 0 aliphatic heterocycles. The zero-order chi connectivity index (χ0) is 19.1. The molecule has 3 rings (SSSR count). The summed E-state index contributed by atoms with van der Waals surface area (Å²) in [6.07, 6.45) is 5.51. The highest BCUT2D eigenvalue weighted by Gasteiger charge is 2.19. The monoisotopic (exact) mass is 406 g/mol. The van der Waals surface area contributed by atoms with Crippen molar-refractivity contribution >= 4 is 34.1 Å². The maximum atomic E-state index is 12.1. The van der Waals surface area contributed by atoms with E-state index in [0.717, 1.165) is 34.3 Å². The summed E-state index contributed by atoms with van der Waals surface area (Å²) >= 11 is 3.27. The highest BCUT2D eigenvalue weighted by molar-refractivity contribution is 7.97. The maximum Gasteiger partial charge on any atom is 0.226 e. The third-order valence-electron chi connectivity index (χ3n) is 4.68. The second-order valence-corrected chi connectivity index (χ2v) is 8.60. The summed E-state index contributed by atoms with van der Waals surface area (Å²) in [4.78, 5) is 16.7. The predicted molar refractivity (Wildman–Crippen MR) is 112 cm³/mol. The van der Waals surface area contributed by atoms with Crippen molar-refractivity contribution in [2.45, 2.75) is 43.6 Å². The molecule has 1 heterocycles. The fourth-order valence-corrected chi connectivity index (χ4v) is 4.99. The number of nitrogens with one attached hydrogen (secondary N) is 1. The second-order valence-electron chi connectivity index (χ2n) is 6.76. The standard InChI is InChI=1S/C20H26N2O3S2/c1-24-17-7-15(8-18(10-17)25-2)11-26-12-16-13-27-20(21-16)22-19(23)9-14-5-3-4-6-14/h7-8,10,13-14H,3-6,9,11-12H2,1-2H3,(H,21,22,23). The summed E-state index contributed by atoms with van der Waals surface area (Å²) < 4.78 is 10.6. The Balaban J connectivity index is 1.46. The molecule has 1 fully saturated rings. The molecule has 0 unspecified atom stereocenters. The number of aromatic nitrogens is 1. The van der Waals surface area contributed by atoms with Gasteiger partial charge in [0, 0.05) is 29.4 Å². The van der Waals surface area contributed by atoms with Crippen molar-refractivity contribution in [3.63, 3.8) is 0 Å². The van der Waals surface area contributed by atoms with Gasteiger partial charge in [0.2, 0.25) is 5.91 Å². The van der Waals surface area contributed by atoms with Gasteiger partial charge in [0.15, 0.2) is 5.13 Å². The number of hydrogen-bond donors (Lipinski definition) is 1. The first-order chi connectivity index (χ1) is 13.2. The van der Waals surface area contributed by atoms with Crippen molar-refractivity contribution in [1.29, 1.82) is 0 Å². The summed E-state index contributed by atoms with van der Waals surface area (Å²) in [6.45, 7) is 0. The van der Waals surface area contributed by atoms with E-state index in [-0.39, 0.29) is 5.91 Å². The van der Waals surface area contributed by atoms with Crippen LogP contribution in [-0.4, -0.2) is 25.1 Å². The smallest absolute Gasteiger partial charge is 0.226 e. The van der Waals surface area contributed by atoms with E-state index in [1.54, 1.807) is 26.0 Å². The van der Waals surface area contributed by atoms with E-state index in [0.29, 0.717) is 17.5 Å². The zero-order valence-electron chi connectivity index (χ0n) is 15.8. The number of rotatable bonds is 9. The summed E-state index contributed by atoms with van der Waals surface area (Å²) in [5, 5.41) is 5.68. The molecule has 0 spiro atoms. The molecule has 1 amide bonds. The molecule has 1 aromatic carbocycles. The highest BCUT2D eigenvalue weighted by Crippen LogP contribution is 2.29. The number of ether oxygens (including phenoxy) is 2. The normalized spacial score (nSPS) is 14.3. The Kier molecular flexibility index (Phi) is 7.41. The van der Waals surface area contributed by atoms with E-state index in [4.69, 9.17) is 9.47 Å². The molecule has 146 valence electrons. The number of nitrogens with zero attached hydrogens (tertiary/aromatic N) is 1. The molecule has 1 aliphatic carbocycles. The Morgan fingerprint density at radius 3 is 2.56 bits per heavy atom. The minimum absolute atomic E-state index is 0.0962. The summed E-state index contributed by atoms with van der Waals surface area (Å²) in [6, 6.07) is 5.91. The van der Waals surface area contributed by atoms with Gasteiger partial charge in [-0.15, -0.1) is 11.3 Å². The van der Waals surface area contributed by atoms with Crippen LogP contribution in [0.25, 0.3) is 0 Å². The lowest BCUT2D eigenvalue weighted by atomic mass is 10.0. The van der Waals surface area contributed by atoms with Crippen molar-refractivity contribution in [2.75, 3.05) is 19.5 Å². The van der Waals surface area contributed by atoms with Crippen molar-refractivity contribution in [1.82, 2.24) is 4.98 Å². The lowest BCUT2D eigenvalue weighted by Crippen LogP contribution is -2.14. The zero-order valence-corrected chi connectivity index (χ0v) is 17.5. The first-order valence-electron chi connectivity index (χ1n) is 9.20. The minimum Gasteiger partial charge on any atom is -0.497 e. The summed E-state index contributed by atoms with van der Waals surface area (Å²) in [7, 11) is 3.31. The molecule has 1 saturated carbocycles. The van der Waals surface area contributed by atoms with Gasteiger partial charge in [0.05, 0.1) is 19.9 Å². The number of anilines is 1. The number of methoxy groups -OCH3 is 2. The van der Waals surface area contributed by atoms with Crippen LogP contribution in [0.4, 0.5) is 5.13 Å². The quantitative estimate of drug-likeness (QED) is 0.627. The molecule has 1 aliphatic rings. The van der Waals surface area contributed by atoms with E-state index in [1.807, 2.05) is 23.6 Å². The number of thiazole rings is 1. The van der Waals surface area contributed by atoms with Gasteiger partial charge in [-0.2, -0.15) is 11.8 Å². The average molecular weight is 407 g/mol. The highest BCUT2D eigenvalue weighted by atomic mass is 32.2. The lowest BCUT2D eigenvalue weighted by Gasteiger charge is -2.08. The third kappa shape index (κ3) is 6.14. The van der Waals surface area contributed by atoms with Crippen LogP contribution in [0.1, 0.15) is 43.4 Å². The van der Waals surface area contributed by atoms with Gasteiger partial charge < -0.3 is 14.8 Å². The Morgan fingerprint density at radius 1 is 1.19 bits per heavy atom. The molecular formula is C20H26N2O3S2. The van der Waals surface area contributed by atoms with E-state index < -0.39 is 0 Å². The predicted octanol–water partition coefficient (Wildman–Crippen LogP) is 5.11. The van der Waals surface area contributed by atoms with Gasteiger partial charge in [-0.1, -0.05) is 12.8 Å². The Labute approximate surface area is 168 Å². The van der Waals surface area contributed by atoms with Crippen molar-refractivity contribution in [3.8, 4) is 11.5 Å². The van der Waals surface area contributed by atoms with Gasteiger partial charge in [0.1, 0.15) is 11.5 Å². The molecule has 5 nitrogen and oxygen atoms in total. The number of carbonyl (C=O) groups excluding carboxylic acids is 1. The van der Waals surface area contributed by atoms with Crippen LogP contribution >= 0.6 is 23.1 Å². The molecule has 2 aromatic rings. The number of benzene rings is 1. The Hall–Kier alpha value is -1.73. The van der Waals surface area contributed by atoms with Gasteiger partial charge in [-0.05, 0) is 36.5 Å². The first kappa shape index (κ1) is 20.0. The van der Waals surface area contributed by atoms with Crippen LogP contribution in [0.5, 0.6) is 11.5 Å². The number of thioether (sulfide) groups is 1. The first-order valence-corrected chi connectivity index (χ1v) is 11.2. The van der Waals surface area contributed by atoms with Crippen LogP contribution in [0.2, 0.25) is 0 Å². The van der Waals surface area contributed by atoms with Gasteiger partial charge in [-0.25, -0.2) is 4.98 Å². The molecule has 0 saturated heterocycles. The largest absolute Gasteiger partial charge is 0.497 e. The van der Waals surface area contributed by atoms with Crippen LogP contribution in [0.15, 0.2) is 23.6 Å². The molecule has 1 aromatic heterocycles. The summed E-state index contributed by atoms with van der Waals surface area (Å²) in [5.74, 6) is 3.89. The molecule has 0 bridgehead atoms. The van der Waals surface area contributed by atoms with Crippen molar-refractivity contribution in [2.24, 2.45) is 5.92 Å².